The lowest BCUT2D eigenvalue weighted by Gasteiger charge is -2.24. The Morgan fingerprint density at radius 2 is 2.00 bits per heavy atom. The van der Waals surface area contributed by atoms with Crippen LogP contribution in [0.1, 0.15) is 62.2 Å². The molecule has 1 aromatic heterocycles. The van der Waals surface area contributed by atoms with Gasteiger partial charge in [0.15, 0.2) is 0 Å². The Balaban J connectivity index is 1.49. The predicted molar refractivity (Wildman–Crippen MR) is 103 cm³/mol. The van der Waals surface area contributed by atoms with E-state index in [1.54, 1.807) is 11.8 Å². The molecule has 4 rings (SSSR count). The molecule has 3 aliphatic rings. The molecule has 25 heavy (non-hydrogen) atoms. The van der Waals surface area contributed by atoms with E-state index in [-0.39, 0.29) is 5.91 Å². The first-order chi connectivity index (χ1) is 12.2. The average molecular weight is 360 g/mol. The zero-order chi connectivity index (χ0) is 17.2. The second kappa shape index (κ2) is 7.56. The molecule has 1 aromatic rings. The van der Waals surface area contributed by atoms with Crippen LogP contribution in [-0.2, 0) is 0 Å². The first-order valence-electron chi connectivity index (χ1n) is 9.94. The monoisotopic (exact) mass is 359 g/mol. The zero-order valence-electron chi connectivity index (χ0n) is 15.2. The molecule has 1 saturated heterocycles. The first kappa shape index (κ1) is 17.2. The van der Waals surface area contributed by atoms with Crippen LogP contribution in [0.15, 0.2) is 17.2 Å². The quantitative estimate of drug-likeness (QED) is 0.777. The summed E-state index contributed by atoms with van der Waals surface area (Å²) < 4.78 is 0. The van der Waals surface area contributed by atoms with E-state index >= 15 is 0 Å². The van der Waals surface area contributed by atoms with Gasteiger partial charge in [0.2, 0.25) is 0 Å². The van der Waals surface area contributed by atoms with Crippen LogP contribution in [0, 0.1) is 11.8 Å². The number of anilines is 1. The largest absolute Gasteiger partial charge is 0.356 e. The van der Waals surface area contributed by atoms with Crippen molar-refractivity contribution < 1.29 is 4.79 Å². The molecule has 0 spiro atoms. The molecule has 2 heterocycles. The number of aromatic nitrogens is 1. The smallest absolute Gasteiger partial charge is 0.254 e. The van der Waals surface area contributed by atoms with Crippen molar-refractivity contribution in [1.82, 2.24) is 10.3 Å². The molecule has 2 aliphatic carbocycles. The number of carbonyl (C=O) groups is 1. The van der Waals surface area contributed by atoms with Crippen LogP contribution in [-0.4, -0.2) is 35.8 Å². The van der Waals surface area contributed by atoms with Crippen molar-refractivity contribution in [1.29, 1.82) is 0 Å². The lowest BCUT2D eigenvalue weighted by Crippen LogP contribution is -2.36. The highest BCUT2D eigenvalue weighted by atomic mass is 32.2. The van der Waals surface area contributed by atoms with Crippen molar-refractivity contribution in [3.63, 3.8) is 0 Å². The second-order valence-electron chi connectivity index (χ2n) is 7.84. The van der Waals surface area contributed by atoms with Crippen molar-refractivity contribution in [2.24, 2.45) is 11.8 Å². The minimum atomic E-state index is 0.0637. The topological polar surface area (TPSA) is 45.2 Å². The SMILES string of the molecule is CCCSc1nc(N2CC3CC3C2)ccc1C(=O)NC1CCCCC1. The Labute approximate surface area is 155 Å². The summed E-state index contributed by atoms with van der Waals surface area (Å²) >= 11 is 1.72. The van der Waals surface area contributed by atoms with Crippen LogP contribution in [0.5, 0.6) is 0 Å². The molecule has 2 unspecified atom stereocenters. The van der Waals surface area contributed by atoms with Gasteiger partial charge in [0, 0.05) is 19.1 Å². The van der Waals surface area contributed by atoms with E-state index in [2.05, 4.69) is 23.2 Å². The number of nitrogens with one attached hydrogen (secondary N) is 1. The standard InChI is InChI=1S/C20H29N3OS/c1-2-10-25-20-17(19(24)21-16-6-4-3-5-7-16)8-9-18(22-20)23-12-14-11-15(14)13-23/h8-9,14-16H,2-7,10-13H2,1H3,(H,21,24). The van der Waals surface area contributed by atoms with E-state index in [1.165, 1.54) is 25.7 Å². The van der Waals surface area contributed by atoms with Crippen molar-refractivity contribution >= 4 is 23.5 Å². The summed E-state index contributed by atoms with van der Waals surface area (Å²) in [6, 6.07) is 4.40. The normalized spacial score (nSPS) is 25.7. The minimum absolute atomic E-state index is 0.0637. The number of fused-ring (bicyclic) bond motifs is 1. The summed E-state index contributed by atoms with van der Waals surface area (Å²) in [5.41, 5.74) is 0.761. The van der Waals surface area contributed by atoms with Gasteiger partial charge in [0.1, 0.15) is 10.8 Å². The average Bonchev–Trinajstić information content (AvgIpc) is 3.26. The lowest BCUT2D eigenvalue weighted by molar-refractivity contribution is 0.0924. The van der Waals surface area contributed by atoms with Crippen LogP contribution >= 0.6 is 11.8 Å². The van der Waals surface area contributed by atoms with Gasteiger partial charge in [-0.05, 0) is 55.4 Å². The van der Waals surface area contributed by atoms with Crippen LogP contribution in [0.4, 0.5) is 5.82 Å². The maximum absolute atomic E-state index is 12.8. The maximum Gasteiger partial charge on any atom is 0.254 e. The van der Waals surface area contributed by atoms with Gasteiger partial charge >= 0.3 is 0 Å². The molecule has 0 aromatic carbocycles. The fourth-order valence-corrected chi connectivity index (χ4v) is 5.06. The molecule has 1 aliphatic heterocycles. The molecule has 0 radical (unpaired) electrons. The molecule has 1 N–H and O–H groups in total. The van der Waals surface area contributed by atoms with Crippen molar-refractivity contribution in [3.8, 4) is 0 Å². The molecule has 2 saturated carbocycles. The molecule has 5 heteroatoms. The molecule has 3 fully saturated rings. The summed E-state index contributed by atoms with van der Waals surface area (Å²) in [5, 5.41) is 4.16. The van der Waals surface area contributed by atoms with Gasteiger partial charge in [-0.3, -0.25) is 4.79 Å². The van der Waals surface area contributed by atoms with Crippen molar-refractivity contribution in [2.75, 3.05) is 23.7 Å². The van der Waals surface area contributed by atoms with Gasteiger partial charge in [-0.2, -0.15) is 0 Å². The van der Waals surface area contributed by atoms with Crippen molar-refractivity contribution in [2.45, 2.75) is 62.9 Å². The third-order valence-corrected chi connectivity index (χ3v) is 6.97. The van der Waals surface area contributed by atoms with E-state index in [9.17, 15) is 4.79 Å². The fourth-order valence-electron chi connectivity index (χ4n) is 4.18. The third-order valence-electron chi connectivity index (χ3n) is 5.78. The van der Waals surface area contributed by atoms with Crippen LogP contribution < -0.4 is 10.2 Å². The lowest BCUT2D eigenvalue weighted by atomic mass is 9.95. The molecular formula is C20H29N3OS. The van der Waals surface area contributed by atoms with Crippen LogP contribution in [0.25, 0.3) is 0 Å². The van der Waals surface area contributed by atoms with Gasteiger partial charge in [-0.1, -0.05) is 26.2 Å². The van der Waals surface area contributed by atoms with Gasteiger partial charge in [-0.15, -0.1) is 11.8 Å². The summed E-state index contributed by atoms with van der Waals surface area (Å²) in [6.45, 7) is 4.46. The Morgan fingerprint density at radius 1 is 1.24 bits per heavy atom. The number of rotatable bonds is 6. The Kier molecular flexibility index (Phi) is 5.20. The summed E-state index contributed by atoms with van der Waals surface area (Å²) in [7, 11) is 0. The first-order valence-corrected chi connectivity index (χ1v) is 10.9. The summed E-state index contributed by atoms with van der Waals surface area (Å²) in [5.74, 6) is 3.91. The Hall–Kier alpha value is -1.23. The Bertz CT molecular complexity index is 619. The summed E-state index contributed by atoms with van der Waals surface area (Å²) in [6.07, 6.45) is 8.49. The van der Waals surface area contributed by atoms with Gasteiger partial charge < -0.3 is 10.2 Å². The van der Waals surface area contributed by atoms with Gasteiger partial charge in [-0.25, -0.2) is 4.98 Å². The van der Waals surface area contributed by atoms with Gasteiger partial charge in [0.25, 0.3) is 5.91 Å². The van der Waals surface area contributed by atoms with Crippen LogP contribution in [0.2, 0.25) is 0 Å². The number of hydrogen-bond donors (Lipinski definition) is 1. The van der Waals surface area contributed by atoms with E-state index < -0.39 is 0 Å². The van der Waals surface area contributed by atoms with E-state index in [0.29, 0.717) is 6.04 Å². The highest BCUT2D eigenvalue weighted by molar-refractivity contribution is 7.99. The molecule has 2 atom stereocenters. The number of thioether (sulfide) groups is 1. The molecule has 1 amide bonds. The Morgan fingerprint density at radius 3 is 2.72 bits per heavy atom. The second-order valence-corrected chi connectivity index (χ2v) is 8.92. The predicted octanol–water partition coefficient (Wildman–Crippen LogP) is 4.10. The highest BCUT2D eigenvalue weighted by Gasteiger charge is 2.45. The number of pyridine rings is 1. The summed E-state index contributed by atoms with van der Waals surface area (Å²) in [4.78, 5) is 20.1. The highest BCUT2D eigenvalue weighted by Crippen LogP contribution is 2.46. The maximum atomic E-state index is 12.8. The number of piperidine rings is 1. The molecular weight excluding hydrogens is 330 g/mol. The number of nitrogens with zero attached hydrogens (tertiary/aromatic N) is 2. The fraction of sp³-hybridized carbons (Fsp3) is 0.700. The van der Waals surface area contributed by atoms with Crippen molar-refractivity contribution in [3.05, 3.63) is 17.7 Å². The number of hydrogen-bond acceptors (Lipinski definition) is 4. The minimum Gasteiger partial charge on any atom is -0.356 e. The number of amides is 1. The van der Waals surface area contributed by atoms with E-state index in [0.717, 1.165) is 66.3 Å². The molecule has 0 bridgehead atoms. The van der Waals surface area contributed by atoms with Gasteiger partial charge in [0.05, 0.1) is 5.56 Å². The van der Waals surface area contributed by atoms with Crippen LogP contribution in [0.3, 0.4) is 0 Å². The zero-order valence-corrected chi connectivity index (χ0v) is 16.0. The molecule has 4 nitrogen and oxygen atoms in total. The van der Waals surface area contributed by atoms with E-state index in [4.69, 9.17) is 4.98 Å². The van der Waals surface area contributed by atoms with E-state index in [1.807, 2.05) is 6.07 Å². The molecule has 136 valence electrons. The number of carbonyl (C=O) groups excluding carboxylic acids is 1. The third kappa shape index (κ3) is 3.97.